The molecule has 9 heteroatoms. The number of aromatic hydroxyl groups is 1. The molecule has 1 fully saturated rings. The minimum atomic E-state index is -0.377. The fraction of sp³-hybridized carbons (Fsp3) is 0.400. The Hall–Kier alpha value is -3.17. The lowest BCUT2D eigenvalue weighted by atomic mass is 10.1. The molecule has 0 unspecified atom stereocenters. The van der Waals surface area contributed by atoms with Crippen LogP contribution < -0.4 is 10.6 Å². The summed E-state index contributed by atoms with van der Waals surface area (Å²) in [6, 6.07) is 6.98. The molecule has 1 aliphatic carbocycles. The highest BCUT2D eigenvalue weighted by Gasteiger charge is 2.28. The van der Waals surface area contributed by atoms with Crippen LogP contribution in [0.1, 0.15) is 63.0 Å². The molecule has 0 spiro atoms. The van der Waals surface area contributed by atoms with Crippen LogP contribution in [0.3, 0.4) is 0 Å². The zero-order chi connectivity index (χ0) is 23.7. The number of anilines is 1. The number of benzene rings is 1. The number of aryl methyl sites for hydroxylation is 2. The van der Waals surface area contributed by atoms with Crippen molar-refractivity contribution in [2.75, 3.05) is 18.5 Å². The van der Waals surface area contributed by atoms with E-state index in [9.17, 15) is 14.7 Å². The number of aromatic amines is 1. The fourth-order valence-electron chi connectivity index (χ4n) is 4.59. The zero-order valence-corrected chi connectivity index (χ0v) is 19.9. The van der Waals surface area contributed by atoms with E-state index in [1.54, 1.807) is 12.1 Å². The van der Waals surface area contributed by atoms with Crippen LogP contribution in [0.15, 0.2) is 24.3 Å². The smallest absolute Gasteiger partial charge is 0.274 e. The molecule has 1 saturated heterocycles. The van der Waals surface area contributed by atoms with Gasteiger partial charge in [0.25, 0.3) is 11.8 Å². The highest BCUT2D eigenvalue weighted by molar-refractivity contribution is 7.17. The number of carbonyl (C=O) groups excluding carboxylic acids is 2. The first-order chi connectivity index (χ1) is 16.5. The van der Waals surface area contributed by atoms with Crippen molar-refractivity contribution >= 4 is 28.2 Å². The van der Waals surface area contributed by atoms with Crippen LogP contribution in [0, 0.1) is 0 Å². The Morgan fingerprint density at radius 3 is 2.91 bits per heavy atom. The number of H-pyrrole nitrogens is 1. The summed E-state index contributed by atoms with van der Waals surface area (Å²) in [6.07, 6.45) is 5.62. The van der Waals surface area contributed by atoms with Crippen molar-refractivity contribution in [3.8, 4) is 17.0 Å². The van der Waals surface area contributed by atoms with Crippen LogP contribution in [0.2, 0.25) is 0 Å². The second kappa shape index (κ2) is 9.60. The predicted octanol–water partition coefficient (Wildman–Crippen LogP) is 4.06. The van der Waals surface area contributed by atoms with Crippen LogP contribution in [-0.4, -0.2) is 46.4 Å². The van der Waals surface area contributed by atoms with Crippen LogP contribution in [0.4, 0.5) is 5.00 Å². The number of aromatic nitrogens is 2. The molecule has 0 saturated carbocycles. The minimum Gasteiger partial charge on any atom is -0.507 e. The molecule has 2 amide bonds. The van der Waals surface area contributed by atoms with Crippen molar-refractivity contribution in [2.24, 2.45) is 0 Å². The number of nitrogens with one attached hydrogen (secondary N) is 3. The van der Waals surface area contributed by atoms with E-state index in [0.29, 0.717) is 28.4 Å². The number of phenolic OH excluding ortho intramolecular Hbond substituents is 1. The van der Waals surface area contributed by atoms with Crippen LogP contribution >= 0.6 is 11.3 Å². The molecule has 3 aromatic rings. The second-order valence-corrected chi connectivity index (χ2v) is 9.84. The molecule has 5 rings (SSSR count). The molecule has 1 aromatic carbocycles. The minimum absolute atomic E-state index is 0.0553. The quantitative estimate of drug-likeness (QED) is 0.407. The Morgan fingerprint density at radius 1 is 1.24 bits per heavy atom. The van der Waals surface area contributed by atoms with E-state index in [2.05, 4.69) is 20.8 Å². The number of ether oxygens (including phenoxy) is 1. The van der Waals surface area contributed by atoms with Crippen molar-refractivity contribution in [2.45, 2.75) is 51.6 Å². The van der Waals surface area contributed by atoms with Crippen LogP contribution in [0.5, 0.6) is 5.75 Å². The molecule has 178 valence electrons. The number of amides is 2. The maximum absolute atomic E-state index is 13.1. The molecule has 34 heavy (non-hydrogen) atoms. The summed E-state index contributed by atoms with van der Waals surface area (Å²) in [6.45, 7) is 3.25. The largest absolute Gasteiger partial charge is 0.507 e. The van der Waals surface area contributed by atoms with Crippen molar-refractivity contribution in [3.05, 3.63) is 51.5 Å². The Balaban J connectivity index is 1.35. The van der Waals surface area contributed by atoms with Crippen LogP contribution in [-0.2, 0) is 24.0 Å². The van der Waals surface area contributed by atoms with Gasteiger partial charge in [0.1, 0.15) is 16.4 Å². The predicted molar refractivity (Wildman–Crippen MR) is 131 cm³/mol. The first-order valence-corrected chi connectivity index (χ1v) is 12.6. The molecule has 1 atom stereocenters. The highest BCUT2D eigenvalue weighted by atomic mass is 32.1. The van der Waals surface area contributed by atoms with Gasteiger partial charge in [-0.15, -0.1) is 11.3 Å². The topological polar surface area (TPSA) is 116 Å². The summed E-state index contributed by atoms with van der Waals surface area (Å²) in [7, 11) is 0. The van der Waals surface area contributed by atoms with Crippen LogP contribution in [0.25, 0.3) is 11.3 Å². The van der Waals surface area contributed by atoms with E-state index in [1.807, 2.05) is 19.1 Å². The Morgan fingerprint density at radius 2 is 2.12 bits per heavy atom. The van der Waals surface area contributed by atoms with Gasteiger partial charge in [0.2, 0.25) is 0 Å². The van der Waals surface area contributed by atoms with E-state index in [4.69, 9.17) is 4.74 Å². The summed E-state index contributed by atoms with van der Waals surface area (Å²) >= 11 is 1.47. The third-order valence-corrected chi connectivity index (χ3v) is 7.66. The van der Waals surface area contributed by atoms with E-state index in [-0.39, 0.29) is 29.4 Å². The monoisotopic (exact) mass is 480 g/mol. The number of rotatable bonds is 7. The van der Waals surface area contributed by atoms with Gasteiger partial charge in [-0.1, -0.05) is 13.0 Å². The molecule has 1 aliphatic heterocycles. The summed E-state index contributed by atoms with van der Waals surface area (Å²) in [4.78, 5) is 27.3. The number of thiophene rings is 1. The summed E-state index contributed by atoms with van der Waals surface area (Å²) in [5.41, 5.74) is 3.98. The molecule has 3 heterocycles. The third-order valence-electron chi connectivity index (χ3n) is 6.46. The van der Waals surface area contributed by atoms with Gasteiger partial charge < -0.3 is 20.5 Å². The van der Waals surface area contributed by atoms with E-state index in [0.717, 1.165) is 61.1 Å². The number of fused-ring (bicyclic) bond motifs is 1. The Kier molecular flexibility index (Phi) is 6.38. The van der Waals surface area contributed by atoms with Gasteiger partial charge in [0, 0.05) is 23.6 Å². The third kappa shape index (κ3) is 4.45. The highest BCUT2D eigenvalue weighted by Crippen LogP contribution is 2.39. The summed E-state index contributed by atoms with van der Waals surface area (Å²) < 4.78 is 5.62. The first kappa shape index (κ1) is 22.6. The van der Waals surface area contributed by atoms with Crippen molar-refractivity contribution < 1.29 is 19.4 Å². The molecular weight excluding hydrogens is 452 g/mol. The molecule has 4 N–H and O–H groups in total. The Labute approximate surface area is 201 Å². The lowest BCUT2D eigenvalue weighted by Crippen LogP contribution is -2.32. The zero-order valence-electron chi connectivity index (χ0n) is 19.1. The Bertz CT molecular complexity index is 1230. The van der Waals surface area contributed by atoms with Gasteiger partial charge in [-0.25, -0.2) is 0 Å². The number of phenols is 1. The molecule has 2 aromatic heterocycles. The average Bonchev–Trinajstić information content (AvgIpc) is 3.62. The van der Waals surface area contributed by atoms with E-state index >= 15 is 0 Å². The van der Waals surface area contributed by atoms with E-state index in [1.165, 1.54) is 11.3 Å². The number of hydrogen-bond donors (Lipinski definition) is 4. The lowest BCUT2D eigenvalue weighted by Gasteiger charge is -2.12. The maximum atomic E-state index is 13.1. The average molecular weight is 481 g/mol. The van der Waals surface area contributed by atoms with Gasteiger partial charge in [-0.2, -0.15) is 5.10 Å². The normalized spacial score (nSPS) is 17.0. The van der Waals surface area contributed by atoms with Gasteiger partial charge >= 0.3 is 0 Å². The first-order valence-electron chi connectivity index (χ1n) is 11.8. The lowest BCUT2D eigenvalue weighted by molar-refractivity contribution is 0.0858. The molecular formula is C25H28N4O4S. The number of hydrogen-bond acceptors (Lipinski definition) is 6. The molecule has 8 nitrogen and oxygen atoms in total. The number of carbonyl (C=O) groups is 2. The molecule has 0 radical (unpaired) electrons. The fourth-order valence-corrected chi connectivity index (χ4v) is 5.87. The van der Waals surface area contributed by atoms with E-state index < -0.39 is 0 Å². The van der Waals surface area contributed by atoms with Gasteiger partial charge in [-0.05, 0) is 67.9 Å². The van der Waals surface area contributed by atoms with Crippen molar-refractivity contribution in [3.63, 3.8) is 0 Å². The van der Waals surface area contributed by atoms with Gasteiger partial charge in [0.05, 0.1) is 17.4 Å². The van der Waals surface area contributed by atoms with Crippen molar-refractivity contribution in [1.29, 1.82) is 0 Å². The van der Waals surface area contributed by atoms with Gasteiger partial charge in [-0.3, -0.25) is 14.7 Å². The number of nitrogens with zero attached hydrogens (tertiary/aromatic N) is 1. The summed E-state index contributed by atoms with van der Waals surface area (Å²) in [5.74, 6) is -0.440. The van der Waals surface area contributed by atoms with Crippen molar-refractivity contribution in [1.82, 2.24) is 15.5 Å². The maximum Gasteiger partial charge on any atom is 0.274 e. The second-order valence-electron chi connectivity index (χ2n) is 8.73. The van der Waals surface area contributed by atoms with Gasteiger partial charge in [0.15, 0.2) is 0 Å². The standard InChI is InChI=1S/C25H28N4O4S/c1-2-14-8-9-20(30)17(11-14)18-12-19(29-28-18)23(31)27-25-22(16-6-3-7-21(16)34-25)24(32)26-13-15-5-4-10-33-15/h8-9,11-12,15,30H,2-7,10,13H2,1H3,(H,26,32)(H,27,31)(H,28,29)/t15-/m0/s1. The summed E-state index contributed by atoms with van der Waals surface area (Å²) in [5, 5.41) is 23.7. The molecule has 2 aliphatic rings. The SMILES string of the molecule is CCc1ccc(O)c(-c2cc(C(=O)Nc3sc4c(c3C(=O)NC[C@@H]3CCCO3)CCC4)[nH]n2)c1. The molecule has 0 bridgehead atoms.